The van der Waals surface area contributed by atoms with Crippen LogP contribution in [0.25, 0.3) is 11.0 Å². The van der Waals surface area contributed by atoms with Crippen molar-refractivity contribution < 1.29 is 13.9 Å². The Labute approximate surface area is 137 Å². The van der Waals surface area contributed by atoms with E-state index in [2.05, 4.69) is 9.97 Å². The van der Waals surface area contributed by atoms with E-state index in [0.29, 0.717) is 33.6 Å². The predicted molar refractivity (Wildman–Crippen MR) is 86.0 cm³/mol. The molecule has 1 atom stereocenters. The number of nitrogens with zero attached hydrogens (tertiary/aromatic N) is 1. The molecule has 2 aromatic heterocycles. The van der Waals surface area contributed by atoms with Gasteiger partial charge in [-0.15, -0.1) is 0 Å². The Hall–Kier alpha value is -2.40. The second kappa shape index (κ2) is 6.38. The number of hydrogen-bond acceptors (Lipinski definition) is 3. The molecule has 0 spiro atoms. The van der Waals surface area contributed by atoms with Crippen LogP contribution in [0.15, 0.2) is 42.7 Å². The summed E-state index contributed by atoms with van der Waals surface area (Å²) in [6.45, 7) is 1.82. The molecular formula is C17H14ClFN2O2. The van der Waals surface area contributed by atoms with Gasteiger partial charge >= 0.3 is 5.97 Å². The number of fused-ring (bicyclic) bond motifs is 1. The molecule has 3 rings (SSSR count). The summed E-state index contributed by atoms with van der Waals surface area (Å²) in [5, 5.41) is 0.972. The van der Waals surface area contributed by atoms with Crippen LogP contribution >= 0.6 is 11.6 Å². The molecule has 1 aromatic carbocycles. The molecule has 0 amide bonds. The monoisotopic (exact) mass is 332 g/mol. The third-order valence-corrected chi connectivity index (χ3v) is 3.84. The minimum atomic E-state index is -0.679. The molecule has 23 heavy (non-hydrogen) atoms. The fraction of sp³-hybridized carbons (Fsp3) is 0.176. The van der Waals surface area contributed by atoms with Crippen molar-refractivity contribution in [2.45, 2.75) is 19.4 Å². The van der Waals surface area contributed by atoms with Gasteiger partial charge in [0.05, 0.1) is 5.56 Å². The lowest BCUT2D eigenvalue weighted by atomic mass is 10.1. The van der Waals surface area contributed by atoms with Gasteiger partial charge in [-0.2, -0.15) is 0 Å². The van der Waals surface area contributed by atoms with Gasteiger partial charge in [0.15, 0.2) is 0 Å². The second-order valence-electron chi connectivity index (χ2n) is 5.07. The number of aromatic amines is 1. The summed E-state index contributed by atoms with van der Waals surface area (Å²) in [7, 11) is 0. The molecule has 1 unspecified atom stereocenters. The van der Waals surface area contributed by atoms with Crippen LogP contribution in [0, 0.1) is 5.82 Å². The Morgan fingerprint density at radius 2 is 2.22 bits per heavy atom. The lowest BCUT2D eigenvalue weighted by Crippen LogP contribution is -2.13. The zero-order valence-corrected chi connectivity index (χ0v) is 13.1. The molecule has 0 aliphatic rings. The highest BCUT2D eigenvalue weighted by Gasteiger charge is 2.21. The van der Waals surface area contributed by atoms with Crippen molar-refractivity contribution in [1.82, 2.24) is 9.97 Å². The minimum absolute atomic E-state index is 0.301. The molecule has 1 N–H and O–H groups in total. The van der Waals surface area contributed by atoms with Crippen molar-refractivity contribution in [2.75, 3.05) is 0 Å². The van der Waals surface area contributed by atoms with E-state index < -0.39 is 17.9 Å². The van der Waals surface area contributed by atoms with Gasteiger partial charge in [0.2, 0.25) is 0 Å². The lowest BCUT2D eigenvalue weighted by molar-refractivity contribution is 0.0282. The number of hydrogen-bond donors (Lipinski definition) is 1. The molecule has 0 saturated heterocycles. The largest absolute Gasteiger partial charge is 0.454 e. The van der Waals surface area contributed by atoms with Crippen LogP contribution in [0.1, 0.15) is 35.4 Å². The van der Waals surface area contributed by atoms with Crippen LogP contribution in [-0.2, 0) is 4.74 Å². The predicted octanol–water partition coefficient (Wildman–Crippen LogP) is 4.66. The highest BCUT2D eigenvalue weighted by Crippen LogP contribution is 2.28. The molecule has 0 saturated carbocycles. The molecule has 0 fully saturated rings. The van der Waals surface area contributed by atoms with Crippen LogP contribution in [-0.4, -0.2) is 15.9 Å². The lowest BCUT2D eigenvalue weighted by Gasteiger charge is -2.17. The van der Waals surface area contributed by atoms with E-state index in [0.717, 1.165) is 0 Å². The summed E-state index contributed by atoms with van der Waals surface area (Å²) in [5.41, 5.74) is 1.30. The summed E-state index contributed by atoms with van der Waals surface area (Å²) in [6.07, 6.45) is 3.00. The first kappa shape index (κ1) is 15.5. The molecule has 118 valence electrons. The molecule has 4 nitrogen and oxygen atoms in total. The average molecular weight is 333 g/mol. The summed E-state index contributed by atoms with van der Waals surface area (Å²) in [4.78, 5) is 19.5. The van der Waals surface area contributed by atoms with Gasteiger partial charge in [-0.05, 0) is 30.7 Å². The Morgan fingerprint density at radius 1 is 1.39 bits per heavy atom. The summed E-state index contributed by atoms with van der Waals surface area (Å²) < 4.78 is 19.6. The standard InChI is InChI=1S/C17H14ClFN2O2/c1-2-15(13-4-3-10(18)9-14(13)19)23-17(22)12-6-8-21-16-11(12)5-7-20-16/h3-9,15H,2H2,1H3,(H,20,21). The number of nitrogens with one attached hydrogen (secondary N) is 1. The van der Waals surface area contributed by atoms with E-state index in [1.165, 1.54) is 18.3 Å². The van der Waals surface area contributed by atoms with Gasteiger partial charge < -0.3 is 9.72 Å². The molecule has 3 aromatic rings. The average Bonchev–Trinajstić information content (AvgIpc) is 3.01. The Morgan fingerprint density at radius 3 is 2.96 bits per heavy atom. The molecule has 6 heteroatoms. The molecule has 0 radical (unpaired) electrons. The molecule has 0 aliphatic carbocycles. The third-order valence-electron chi connectivity index (χ3n) is 3.61. The maximum atomic E-state index is 14.1. The molecule has 2 heterocycles. The summed E-state index contributed by atoms with van der Waals surface area (Å²) in [6, 6.07) is 7.67. The Balaban J connectivity index is 1.89. The summed E-state index contributed by atoms with van der Waals surface area (Å²) in [5.74, 6) is -1.00. The Bertz CT molecular complexity index is 863. The van der Waals surface area contributed by atoms with Crippen LogP contribution in [0.5, 0.6) is 0 Å². The van der Waals surface area contributed by atoms with Gasteiger partial charge in [0.25, 0.3) is 0 Å². The highest BCUT2D eigenvalue weighted by atomic mass is 35.5. The fourth-order valence-corrected chi connectivity index (χ4v) is 2.62. The Kier molecular flexibility index (Phi) is 4.30. The van der Waals surface area contributed by atoms with Crippen molar-refractivity contribution in [3.63, 3.8) is 0 Å². The molecular weight excluding hydrogens is 319 g/mol. The van der Waals surface area contributed by atoms with Crippen molar-refractivity contribution in [2.24, 2.45) is 0 Å². The van der Waals surface area contributed by atoms with Gasteiger partial charge in [-0.1, -0.05) is 24.6 Å². The van der Waals surface area contributed by atoms with E-state index >= 15 is 0 Å². The zero-order chi connectivity index (χ0) is 16.4. The van der Waals surface area contributed by atoms with Crippen molar-refractivity contribution in [3.05, 3.63) is 64.7 Å². The van der Waals surface area contributed by atoms with Crippen LogP contribution in [0.4, 0.5) is 4.39 Å². The number of pyridine rings is 1. The van der Waals surface area contributed by atoms with Gasteiger partial charge in [-0.25, -0.2) is 14.2 Å². The quantitative estimate of drug-likeness (QED) is 0.707. The number of benzene rings is 1. The smallest absolute Gasteiger partial charge is 0.339 e. The topological polar surface area (TPSA) is 55.0 Å². The minimum Gasteiger partial charge on any atom is -0.454 e. The van der Waals surface area contributed by atoms with E-state index in [4.69, 9.17) is 16.3 Å². The van der Waals surface area contributed by atoms with E-state index in [1.807, 2.05) is 6.92 Å². The molecule has 0 bridgehead atoms. The van der Waals surface area contributed by atoms with Crippen molar-refractivity contribution in [1.29, 1.82) is 0 Å². The van der Waals surface area contributed by atoms with Crippen LogP contribution in [0.3, 0.4) is 0 Å². The summed E-state index contributed by atoms with van der Waals surface area (Å²) >= 11 is 5.76. The number of carbonyl (C=O) groups excluding carboxylic acids is 1. The third kappa shape index (κ3) is 3.05. The fourth-order valence-electron chi connectivity index (χ4n) is 2.46. The number of rotatable bonds is 4. The first-order valence-corrected chi connectivity index (χ1v) is 7.56. The normalized spacial score (nSPS) is 12.3. The SMILES string of the molecule is CCC(OC(=O)c1ccnc2[nH]ccc12)c1ccc(Cl)cc1F. The maximum Gasteiger partial charge on any atom is 0.339 e. The van der Waals surface area contributed by atoms with Crippen molar-refractivity contribution >= 4 is 28.6 Å². The number of aromatic nitrogens is 2. The number of halogens is 2. The first-order chi connectivity index (χ1) is 11.1. The number of carbonyl (C=O) groups is 1. The van der Waals surface area contributed by atoms with E-state index in [-0.39, 0.29) is 0 Å². The maximum absolute atomic E-state index is 14.1. The number of H-pyrrole nitrogens is 1. The number of esters is 1. The van der Waals surface area contributed by atoms with Crippen molar-refractivity contribution in [3.8, 4) is 0 Å². The van der Waals surface area contributed by atoms with Gasteiger partial charge in [-0.3, -0.25) is 0 Å². The van der Waals surface area contributed by atoms with Crippen LogP contribution < -0.4 is 0 Å². The van der Waals surface area contributed by atoms with E-state index in [9.17, 15) is 9.18 Å². The highest BCUT2D eigenvalue weighted by molar-refractivity contribution is 6.30. The first-order valence-electron chi connectivity index (χ1n) is 7.18. The van der Waals surface area contributed by atoms with E-state index in [1.54, 1.807) is 24.4 Å². The second-order valence-corrected chi connectivity index (χ2v) is 5.50. The van der Waals surface area contributed by atoms with Gasteiger partial charge in [0, 0.05) is 28.4 Å². The van der Waals surface area contributed by atoms with Crippen LogP contribution in [0.2, 0.25) is 5.02 Å². The number of ether oxygens (including phenoxy) is 1. The zero-order valence-electron chi connectivity index (χ0n) is 12.3. The van der Waals surface area contributed by atoms with Gasteiger partial charge in [0.1, 0.15) is 17.6 Å². The molecule has 0 aliphatic heterocycles.